The first kappa shape index (κ1) is 21.4. The molecule has 3 aliphatic carbocycles. The second kappa shape index (κ2) is 7.68. The van der Waals surface area contributed by atoms with Gasteiger partial charge in [0.2, 0.25) is 0 Å². The number of carbonyl (C=O) groups is 2. The van der Waals surface area contributed by atoms with Crippen LogP contribution in [0.5, 0.6) is 0 Å². The Balaban J connectivity index is 1.51. The lowest BCUT2D eigenvalue weighted by atomic mass is 9.49. The Bertz CT molecular complexity index is 654. The predicted octanol–water partition coefficient (Wildman–Crippen LogP) is 6.19. The van der Waals surface area contributed by atoms with Gasteiger partial charge in [-0.3, -0.25) is 9.59 Å². The summed E-state index contributed by atoms with van der Waals surface area (Å²) in [5.74, 6) is 3.26. The van der Waals surface area contributed by atoms with Gasteiger partial charge < -0.3 is 4.74 Å². The summed E-state index contributed by atoms with van der Waals surface area (Å²) in [7, 11) is 0. The summed E-state index contributed by atoms with van der Waals surface area (Å²) in [6.45, 7) is 11.9. The summed E-state index contributed by atoms with van der Waals surface area (Å²) in [6.07, 6.45) is 11.0. The average Bonchev–Trinajstić information content (AvgIpc) is 3.00. The molecule has 3 heteroatoms. The Hall–Kier alpha value is -0.860. The van der Waals surface area contributed by atoms with Crippen LogP contribution in [0.25, 0.3) is 0 Å². The number of esters is 1. The monoisotopic (exact) mass is 402 g/mol. The SMILES string of the molecule is CC(C)CCC[C@@H](C)[C@H]1CC[C@H]2C3OC(=O)[C@H]4CC(=O)CC[C@]4(C)[C@H]3CC[C@]12C. The van der Waals surface area contributed by atoms with Crippen molar-refractivity contribution in [3.63, 3.8) is 0 Å². The first-order chi connectivity index (χ1) is 13.7. The van der Waals surface area contributed by atoms with Crippen molar-refractivity contribution in [2.24, 2.45) is 46.3 Å². The zero-order valence-electron chi connectivity index (χ0n) is 19.3. The van der Waals surface area contributed by atoms with Gasteiger partial charge in [0, 0.05) is 24.7 Å². The van der Waals surface area contributed by atoms with E-state index >= 15 is 0 Å². The van der Waals surface area contributed by atoms with Crippen LogP contribution in [0.3, 0.4) is 0 Å². The first-order valence-electron chi connectivity index (χ1n) is 12.4. The maximum Gasteiger partial charge on any atom is 0.310 e. The highest BCUT2D eigenvalue weighted by molar-refractivity contribution is 5.87. The quantitative estimate of drug-likeness (QED) is 0.515. The van der Waals surface area contributed by atoms with Crippen molar-refractivity contribution in [1.29, 1.82) is 0 Å². The Morgan fingerprint density at radius 1 is 0.966 bits per heavy atom. The topological polar surface area (TPSA) is 43.4 Å². The highest BCUT2D eigenvalue weighted by Crippen LogP contribution is 2.65. The molecule has 0 spiro atoms. The van der Waals surface area contributed by atoms with Crippen LogP contribution in [-0.4, -0.2) is 17.9 Å². The van der Waals surface area contributed by atoms with Gasteiger partial charge in [-0.1, -0.05) is 53.9 Å². The minimum Gasteiger partial charge on any atom is -0.461 e. The van der Waals surface area contributed by atoms with Gasteiger partial charge in [-0.25, -0.2) is 0 Å². The molecule has 164 valence electrons. The molecule has 0 bridgehead atoms. The largest absolute Gasteiger partial charge is 0.461 e. The number of hydrogen-bond donors (Lipinski definition) is 0. The van der Waals surface area contributed by atoms with Crippen molar-refractivity contribution < 1.29 is 14.3 Å². The van der Waals surface area contributed by atoms with Crippen molar-refractivity contribution in [2.75, 3.05) is 0 Å². The minimum absolute atomic E-state index is 0.0315. The number of carbonyl (C=O) groups excluding carboxylic acids is 2. The molecule has 8 atom stereocenters. The normalized spacial score (nSPS) is 45.4. The molecule has 29 heavy (non-hydrogen) atoms. The van der Waals surface area contributed by atoms with Gasteiger partial charge in [-0.2, -0.15) is 0 Å². The Morgan fingerprint density at radius 3 is 2.41 bits per heavy atom. The fourth-order valence-corrected chi connectivity index (χ4v) is 8.13. The zero-order valence-corrected chi connectivity index (χ0v) is 19.3. The predicted molar refractivity (Wildman–Crippen MR) is 115 cm³/mol. The van der Waals surface area contributed by atoms with Crippen molar-refractivity contribution >= 4 is 11.8 Å². The van der Waals surface area contributed by atoms with Crippen molar-refractivity contribution in [1.82, 2.24) is 0 Å². The smallest absolute Gasteiger partial charge is 0.310 e. The van der Waals surface area contributed by atoms with Crippen molar-refractivity contribution in [3.8, 4) is 0 Å². The van der Waals surface area contributed by atoms with E-state index in [1.54, 1.807) is 0 Å². The molecule has 1 heterocycles. The molecular weight excluding hydrogens is 360 g/mol. The van der Waals surface area contributed by atoms with E-state index in [0.29, 0.717) is 30.1 Å². The molecule has 1 saturated heterocycles. The lowest BCUT2D eigenvalue weighted by molar-refractivity contribution is -0.212. The lowest BCUT2D eigenvalue weighted by Gasteiger charge is -2.58. The Morgan fingerprint density at radius 2 is 1.69 bits per heavy atom. The van der Waals surface area contributed by atoms with E-state index < -0.39 is 0 Å². The third-order valence-corrected chi connectivity index (χ3v) is 9.95. The number of ether oxygens (including phenoxy) is 1. The second-order valence-corrected chi connectivity index (χ2v) is 11.9. The molecule has 4 fully saturated rings. The third-order valence-electron chi connectivity index (χ3n) is 9.95. The summed E-state index contributed by atoms with van der Waals surface area (Å²) in [4.78, 5) is 25.0. The van der Waals surface area contributed by atoms with Gasteiger partial charge in [-0.15, -0.1) is 0 Å². The number of hydrogen-bond acceptors (Lipinski definition) is 3. The van der Waals surface area contributed by atoms with E-state index in [-0.39, 0.29) is 29.2 Å². The molecular formula is C26H42O3. The summed E-state index contributed by atoms with van der Waals surface area (Å²) >= 11 is 0. The molecule has 0 amide bonds. The summed E-state index contributed by atoms with van der Waals surface area (Å²) in [5, 5.41) is 0. The second-order valence-electron chi connectivity index (χ2n) is 11.9. The molecule has 4 aliphatic rings. The van der Waals surface area contributed by atoms with Crippen LogP contribution in [0.4, 0.5) is 0 Å². The molecule has 1 aliphatic heterocycles. The van der Waals surface area contributed by atoms with E-state index in [9.17, 15) is 9.59 Å². The first-order valence-corrected chi connectivity index (χ1v) is 12.4. The third kappa shape index (κ3) is 3.49. The molecule has 0 aromatic rings. The lowest BCUT2D eigenvalue weighted by Crippen LogP contribution is -2.60. The number of fused-ring (bicyclic) bond motifs is 5. The van der Waals surface area contributed by atoms with Crippen LogP contribution < -0.4 is 0 Å². The summed E-state index contributed by atoms with van der Waals surface area (Å²) in [6, 6.07) is 0. The molecule has 1 unspecified atom stereocenters. The van der Waals surface area contributed by atoms with E-state index in [2.05, 4.69) is 34.6 Å². The number of rotatable bonds is 5. The molecule has 4 rings (SSSR count). The van der Waals surface area contributed by atoms with Crippen LogP contribution >= 0.6 is 0 Å². The van der Waals surface area contributed by atoms with Gasteiger partial charge in [0.05, 0.1) is 5.92 Å². The van der Waals surface area contributed by atoms with E-state index in [4.69, 9.17) is 4.74 Å². The van der Waals surface area contributed by atoms with Gasteiger partial charge in [0.1, 0.15) is 11.9 Å². The average molecular weight is 403 g/mol. The zero-order chi connectivity index (χ0) is 21.0. The van der Waals surface area contributed by atoms with E-state index in [1.165, 1.54) is 44.9 Å². The van der Waals surface area contributed by atoms with Gasteiger partial charge in [0.25, 0.3) is 0 Å². The van der Waals surface area contributed by atoms with Crippen LogP contribution in [0.15, 0.2) is 0 Å². The fraction of sp³-hybridized carbons (Fsp3) is 0.923. The van der Waals surface area contributed by atoms with Gasteiger partial charge >= 0.3 is 5.97 Å². The highest BCUT2D eigenvalue weighted by atomic mass is 16.5. The molecule has 0 N–H and O–H groups in total. The van der Waals surface area contributed by atoms with Crippen molar-refractivity contribution in [2.45, 2.75) is 105 Å². The van der Waals surface area contributed by atoms with E-state index in [1.807, 2.05) is 0 Å². The Labute approximate surface area is 177 Å². The van der Waals surface area contributed by atoms with Gasteiger partial charge in [0.15, 0.2) is 0 Å². The highest BCUT2D eigenvalue weighted by Gasteiger charge is 2.64. The maximum atomic E-state index is 13.0. The van der Waals surface area contributed by atoms with E-state index in [0.717, 1.165) is 24.2 Å². The standard InChI is InChI=1S/C26H42O3/c1-16(2)7-6-8-17(3)19-9-10-20-23-21(12-14-25(19,20)4)26(5)13-11-18(27)15-22(26)24(28)29-23/h16-17,19-23H,6-15H2,1-5H3/t17-,19-,20+,21+,22-,23?,25-,26-/m1/s1. The summed E-state index contributed by atoms with van der Waals surface area (Å²) < 4.78 is 6.20. The van der Waals surface area contributed by atoms with Crippen LogP contribution in [0.2, 0.25) is 0 Å². The molecule has 0 radical (unpaired) electrons. The summed E-state index contributed by atoms with van der Waals surface area (Å²) in [5.41, 5.74) is 0.280. The molecule has 0 aromatic carbocycles. The Kier molecular flexibility index (Phi) is 5.66. The molecule has 0 aromatic heterocycles. The fourth-order valence-electron chi connectivity index (χ4n) is 8.13. The van der Waals surface area contributed by atoms with Crippen LogP contribution in [0, 0.1) is 46.3 Å². The minimum atomic E-state index is -0.193. The van der Waals surface area contributed by atoms with Crippen molar-refractivity contribution in [3.05, 3.63) is 0 Å². The number of ketones is 1. The molecule has 3 nitrogen and oxygen atoms in total. The maximum absolute atomic E-state index is 13.0. The van der Waals surface area contributed by atoms with Gasteiger partial charge in [-0.05, 0) is 60.7 Å². The molecule has 3 saturated carbocycles. The van der Waals surface area contributed by atoms with Crippen LogP contribution in [0.1, 0.15) is 98.8 Å². The van der Waals surface area contributed by atoms with Crippen LogP contribution in [-0.2, 0) is 14.3 Å². The number of Topliss-reactive ketones (excluding diaryl/α,β-unsaturated/α-hetero) is 1.